The van der Waals surface area contributed by atoms with Gasteiger partial charge in [-0.2, -0.15) is 0 Å². The van der Waals surface area contributed by atoms with Crippen LogP contribution in [0.3, 0.4) is 0 Å². The van der Waals surface area contributed by atoms with E-state index in [2.05, 4.69) is 15.3 Å². The predicted molar refractivity (Wildman–Crippen MR) is 70.1 cm³/mol. The van der Waals surface area contributed by atoms with Crippen LogP contribution < -0.4 is 11.1 Å². The molecule has 2 atom stereocenters. The van der Waals surface area contributed by atoms with Gasteiger partial charge in [0.05, 0.1) is 12.6 Å². The number of nitrogens with two attached hydrogens (primary N) is 1. The van der Waals surface area contributed by atoms with Crippen LogP contribution in [-0.2, 0) is 14.3 Å². The van der Waals surface area contributed by atoms with Crippen molar-refractivity contribution in [3.8, 4) is 0 Å². The average molecular weight is 271 g/mol. The second-order valence-corrected chi connectivity index (χ2v) is 4.05. The summed E-state index contributed by atoms with van der Waals surface area (Å²) < 4.78 is 4.89. The Balaban J connectivity index is 4.29. The molecule has 0 fully saturated rings. The molecule has 0 aromatic rings. The van der Waals surface area contributed by atoms with E-state index in [4.69, 9.17) is 16.0 Å². The molecule has 0 radical (unpaired) electrons. The van der Waals surface area contributed by atoms with Crippen molar-refractivity contribution in [2.45, 2.75) is 45.2 Å². The van der Waals surface area contributed by atoms with E-state index >= 15 is 0 Å². The number of hydrogen-bond acceptors (Lipinski definition) is 5. The number of carbonyl (C=O) groups excluding carboxylic acids is 2. The molecule has 0 aromatic heterocycles. The second kappa shape index (κ2) is 10.2. The largest absolute Gasteiger partial charge is 0.464 e. The van der Waals surface area contributed by atoms with Gasteiger partial charge in [-0.05, 0) is 32.2 Å². The third kappa shape index (κ3) is 8.01. The first-order valence-electron chi connectivity index (χ1n) is 6.26. The molecule has 0 unspecified atom stereocenters. The Kier molecular flexibility index (Phi) is 9.20. The van der Waals surface area contributed by atoms with Gasteiger partial charge in [-0.15, -0.1) is 0 Å². The Morgan fingerprint density at radius 2 is 2.16 bits per heavy atom. The van der Waals surface area contributed by atoms with E-state index in [-0.39, 0.29) is 6.61 Å². The maximum atomic E-state index is 11.7. The molecule has 0 saturated carbocycles. The van der Waals surface area contributed by atoms with Gasteiger partial charge in [-0.3, -0.25) is 4.79 Å². The highest BCUT2D eigenvalue weighted by Gasteiger charge is 2.22. The van der Waals surface area contributed by atoms with Crippen LogP contribution in [0, 0.1) is 0 Å². The van der Waals surface area contributed by atoms with E-state index in [9.17, 15) is 9.59 Å². The number of carbonyl (C=O) groups is 2. The maximum absolute atomic E-state index is 11.7. The second-order valence-electron chi connectivity index (χ2n) is 4.05. The summed E-state index contributed by atoms with van der Waals surface area (Å²) in [6, 6.07) is -1.38. The number of azide groups is 1. The molecule has 0 heterocycles. The fourth-order valence-electron chi connectivity index (χ4n) is 1.37. The highest BCUT2D eigenvalue weighted by atomic mass is 16.5. The third-order valence-electron chi connectivity index (χ3n) is 2.37. The molecule has 0 saturated heterocycles. The molecular weight excluding hydrogens is 250 g/mol. The smallest absolute Gasteiger partial charge is 0.328 e. The summed E-state index contributed by atoms with van der Waals surface area (Å²) in [5.41, 5.74) is 13.6. The van der Waals surface area contributed by atoms with Gasteiger partial charge in [0.15, 0.2) is 0 Å². The zero-order valence-corrected chi connectivity index (χ0v) is 11.3. The number of amides is 1. The van der Waals surface area contributed by atoms with Crippen molar-refractivity contribution in [3.05, 3.63) is 10.4 Å². The molecular formula is C11H21N5O3. The van der Waals surface area contributed by atoms with E-state index in [0.717, 1.165) is 0 Å². The number of hydrogen-bond donors (Lipinski definition) is 2. The number of nitrogens with zero attached hydrogens (tertiary/aromatic N) is 3. The Bertz CT molecular complexity index is 339. The van der Waals surface area contributed by atoms with E-state index in [0.29, 0.717) is 25.8 Å². The molecule has 8 nitrogen and oxygen atoms in total. The molecule has 8 heteroatoms. The van der Waals surface area contributed by atoms with Crippen LogP contribution >= 0.6 is 0 Å². The van der Waals surface area contributed by atoms with Crippen molar-refractivity contribution in [1.29, 1.82) is 0 Å². The first-order valence-corrected chi connectivity index (χ1v) is 6.26. The van der Waals surface area contributed by atoms with Crippen LogP contribution in [0.25, 0.3) is 10.4 Å². The van der Waals surface area contributed by atoms with Gasteiger partial charge in [0, 0.05) is 11.5 Å². The lowest BCUT2D eigenvalue weighted by atomic mass is 10.1. The summed E-state index contributed by atoms with van der Waals surface area (Å²) in [7, 11) is 0. The van der Waals surface area contributed by atoms with Gasteiger partial charge in [0.25, 0.3) is 0 Å². The summed E-state index contributed by atoms with van der Waals surface area (Å²) in [6.07, 6.45) is 1.72. The van der Waals surface area contributed by atoms with Crippen molar-refractivity contribution in [2.24, 2.45) is 10.8 Å². The predicted octanol–water partition coefficient (Wildman–Crippen LogP) is 0.862. The monoisotopic (exact) mass is 271 g/mol. The summed E-state index contributed by atoms with van der Waals surface area (Å²) in [4.78, 5) is 25.8. The highest BCUT2D eigenvalue weighted by Crippen LogP contribution is 2.04. The van der Waals surface area contributed by atoms with E-state index < -0.39 is 24.0 Å². The van der Waals surface area contributed by atoms with Crippen LogP contribution in [0.4, 0.5) is 0 Å². The summed E-state index contributed by atoms with van der Waals surface area (Å²) >= 11 is 0. The Morgan fingerprint density at radius 1 is 1.47 bits per heavy atom. The van der Waals surface area contributed by atoms with Crippen LogP contribution in [0.1, 0.15) is 33.1 Å². The van der Waals surface area contributed by atoms with Crippen LogP contribution in [0.15, 0.2) is 5.11 Å². The number of rotatable bonds is 9. The fourth-order valence-corrected chi connectivity index (χ4v) is 1.37. The number of unbranched alkanes of at least 4 members (excludes halogenated alkanes) is 1. The van der Waals surface area contributed by atoms with E-state index in [1.165, 1.54) is 0 Å². The Hall–Kier alpha value is -1.79. The molecule has 0 aromatic carbocycles. The minimum Gasteiger partial charge on any atom is -0.464 e. The molecule has 1 amide bonds. The number of esters is 1. The van der Waals surface area contributed by atoms with Gasteiger partial charge in [0.2, 0.25) is 5.91 Å². The summed E-state index contributed by atoms with van der Waals surface area (Å²) in [5, 5.41) is 5.95. The molecule has 0 aliphatic carbocycles. The quantitative estimate of drug-likeness (QED) is 0.212. The minimum absolute atomic E-state index is 0.252. The maximum Gasteiger partial charge on any atom is 0.328 e. The van der Waals surface area contributed by atoms with Crippen LogP contribution in [0.5, 0.6) is 0 Å². The molecule has 19 heavy (non-hydrogen) atoms. The molecule has 0 aliphatic rings. The van der Waals surface area contributed by atoms with Crippen molar-refractivity contribution in [1.82, 2.24) is 5.32 Å². The topological polar surface area (TPSA) is 130 Å². The molecule has 0 aliphatic heterocycles. The first kappa shape index (κ1) is 17.2. The SMILES string of the molecule is CCOC(=O)[C@H](CCCCN=[N+]=[N-])NC(=O)[C@H](C)N. The Morgan fingerprint density at radius 3 is 2.68 bits per heavy atom. The number of nitrogens with one attached hydrogen (secondary N) is 1. The lowest BCUT2D eigenvalue weighted by molar-refractivity contribution is -0.147. The van der Waals surface area contributed by atoms with Crippen molar-refractivity contribution in [2.75, 3.05) is 13.2 Å². The zero-order chi connectivity index (χ0) is 14.7. The van der Waals surface area contributed by atoms with Crippen molar-refractivity contribution in [3.63, 3.8) is 0 Å². The summed E-state index contributed by atoms with van der Waals surface area (Å²) in [6.45, 7) is 3.86. The van der Waals surface area contributed by atoms with Gasteiger partial charge in [-0.25, -0.2) is 4.79 Å². The van der Waals surface area contributed by atoms with Gasteiger partial charge < -0.3 is 15.8 Å². The molecule has 0 rings (SSSR count). The van der Waals surface area contributed by atoms with E-state index in [1.54, 1.807) is 13.8 Å². The lowest BCUT2D eigenvalue weighted by Crippen LogP contribution is -2.47. The van der Waals surface area contributed by atoms with Crippen LogP contribution in [0.2, 0.25) is 0 Å². The van der Waals surface area contributed by atoms with Crippen LogP contribution in [-0.4, -0.2) is 37.1 Å². The highest BCUT2D eigenvalue weighted by molar-refractivity contribution is 5.87. The Labute approximate surface area is 112 Å². The van der Waals surface area contributed by atoms with Gasteiger partial charge >= 0.3 is 5.97 Å². The lowest BCUT2D eigenvalue weighted by Gasteiger charge is -2.18. The first-order chi connectivity index (χ1) is 9.02. The van der Waals surface area contributed by atoms with Crippen molar-refractivity contribution >= 4 is 11.9 Å². The standard InChI is InChI=1S/C11H21N5O3/c1-3-19-11(18)9(15-10(17)8(2)12)6-4-5-7-14-16-13/h8-9H,3-7,12H2,1-2H3,(H,15,17)/t8-,9-/m0/s1. The van der Waals surface area contributed by atoms with Crippen molar-refractivity contribution < 1.29 is 14.3 Å². The minimum atomic E-state index is -0.704. The average Bonchev–Trinajstić information content (AvgIpc) is 2.37. The molecule has 3 N–H and O–H groups in total. The zero-order valence-electron chi connectivity index (χ0n) is 11.3. The van der Waals surface area contributed by atoms with Gasteiger partial charge in [-0.1, -0.05) is 11.5 Å². The normalized spacial score (nSPS) is 13.0. The van der Waals surface area contributed by atoms with Gasteiger partial charge in [0.1, 0.15) is 6.04 Å². The summed E-state index contributed by atoms with van der Waals surface area (Å²) in [5.74, 6) is -0.867. The number of ether oxygens (including phenoxy) is 1. The molecule has 0 spiro atoms. The fraction of sp³-hybridized carbons (Fsp3) is 0.818. The third-order valence-corrected chi connectivity index (χ3v) is 2.37. The molecule has 0 bridgehead atoms. The molecule has 108 valence electrons. The van der Waals surface area contributed by atoms with E-state index in [1.807, 2.05) is 0 Å².